The molecule has 4 nitrogen and oxygen atoms in total. The first-order valence-electron chi connectivity index (χ1n) is 11.5. The third-order valence-electron chi connectivity index (χ3n) is 6.56. The Morgan fingerprint density at radius 3 is 2.21 bits per heavy atom. The molecule has 5 rings (SSSR count). The molecule has 0 unspecified atom stereocenters. The van der Waals surface area contributed by atoms with E-state index in [1.807, 2.05) is 64.1 Å². The highest BCUT2D eigenvalue weighted by atomic mass is 16.2. The fourth-order valence-corrected chi connectivity index (χ4v) is 5.19. The van der Waals surface area contributed by atoms with Gasteiger partial charge in [0.2, 0.25) is 0 Å². The fourth-order valence-electron chi connectivity index (χ4n) is 5.19. The number of hydrogen-bond acceptors (Lipinski definition) is 3. The monoisotopic (exact) mass is 436 g/mol. The lowest BCUT2D eigenvalue weighted by Gasteiger charge is -2.32. The Labute approximate surface area is 195 Å². The Morgan fingerprint density at radius 1 is 0.758 bits per heavy atom. The predicted octanol–water partition coefficient (Wildman–Crippen LogP) is 5.66. The van der Waals surface area contributed by atoms with Gasteiger partial charge < -0.3 is 4.90 Å². The van der Waals surface area contributed by atoms with E-state index in [9.17, 15) is 9.59 Å². The third kappa shape index (κ3) is 3.56. The van der Waals surface area contributed by atoms with E-state index in [1.165, 1.54) is 10.5 Å². The van der Waals surface area contributed by atoms with Gasteiger partial charge >= 0.3 is 0 Å². The molecule has 3 aromatic carbocycles. The number of nitrogens with zero attached hydrogens (tertiary/aromatic N) is 2. The Kier molecular flexibility index (Phi) is 5.16. The molecular weight excluding hydrogens is 408 g/mol. The van der Waals surface area contributed by atoms with E-state index < -0.39 is 0 Å². The summed E-state index contributed by atoms with van der Waals surface area (Å²) in [6, 6.07) is 20.1. The molecule has 0 aliphatic carbocycles. The molecule has 0 saturated carbocycles. The number of aryl methyl sites for hydroxylation is 5. The maximum absolute atomic E-state index is 14.0. The van der Waals surface area contributed by atoms with Crippen molar-refractivity contribution in [1.29, 1.82) is 0 Å². The second-order valence-electron chi connectivity index (χ2n) is 9.22. The SMILES string of the molecule is Cc1cc(C)cc(N2C(=O)C(c3ccc(C)cc3C)=C(N3CCCc4ccccc43)C2=O)c1. The zero-order valence-corrected chi connectivity index (χ0v) is 19.6. The molecule has 0 N–H and O–H groups in total. The molecule has 0 atom stereocenters. The number of amides is 2. The maximum atomic E-state index is 14.0. The van der Waals surface area contributed by atoms with Crippen LogP contribution in [-0.4, -0.2) is 18.4 Å². The first-order valence-corrected chi connectivity index (χ1v) is 11.5. The van der Waals surface area contributed by atoms with Gasteiger partial charge in [-0.3, -0.25) is 9.59 Å². The highest BCUT2D eigenvalue weighted by Crippen LogP contribution is 2.40. The summed E-state index contributed by atoms with van der Waals surface area (Å²) in [5, 5.41) is 0. The Hall–Kier alpha value is -3.66. The van der Waals surface area contributed by atoms with E-state index in [1.54, 1.807) is 0 Å². The average Bonchev–Trinajstić information content (AvgIpc) is 3.02. The predicted molar refractivity (Wildman–Crippen MR) is 133 cm³/mol. The summed E-state index contributed by atoms with van der Waals surface area (Å²) in [6.07, 6.45) is 1.91. The molecule has 33 heavy (non-hydrogen) atoms. The lowest BCUT2D eigenvalue weighted by Crippen LogP contribution is -2.37. The van der Waals surface area contributed by atoms with Gasteiger partial charge in [-0.1, -0.05) is 48.0 Å². The smallest absolute Gasteiger partial charge is 0.282 e. The molecule has 0 fully saturated rings. The number of para-hydroxylation sites is 1. The van der Waals surface area contributed by atoms with Crippen molar-refractivity contribution >= 4 is 28.8 Å². The van der Waals surface area contributed by atoms with Crippen molar-refractivity contribution in [2.75, 3.05) is 16.3 Å². The van der Waals surface area contributed by atoms with E-state index in [4.69, 9.17) is 0 Å². The minimum Gasteiger partial charge on any atom is -0.336 e. The van der Waals surface area contributed by atoms with Crippen LogP contribution in [0.5, 0.6) is 0 Å². The molecule has 2 heterocycles. The molecule has 0 saturated heterocycles. The lowest BCUT2D eigenvalue weighted by atomic mass is 9.95. The van der Waals surface area contributed by atoms with Gasteiger partial charge in [0, 0.05) is 12.2 Å². The Bertz CT molecular complexity index is 1310. The van der Waals surface area contributed by atoms with E-state index in [2.05, 4.69) is 29.2 Å². The average molecular weight is 437 g/mol. The van der Waals surface area contributed by atoms with Crippen LogP contribution in [-0.2, 0) is 16.0 Å². The number of hydrogen-bond donors (Lipinski definition) is 0. The van der Waals surface area contributed by atoms with Crippen molar-refractivity contribution in [3.05, 3.63) is 99.7 Å². The lowest BCUT2D eigenvalue weighted by molar-refractivity contribution is -0.120. The molecule has 2 aliphatic rings. The Balaban J connectivity index is 1.74. The zero-order chi connectivity index (χ0) is 23.3. The van der Waals surface area contributed by atoms with Crippen LogP contribution in [0.4, 0.5) is 11.4 Å². The van der Waals surface area contributed by atoms with Gasteiger partial charge in [-0.15, -0.1) is 0 Å². The highest BCUT2D eigenvalue weighted by molar-refractivity contribution is 6.46. The highest BCUT2D eigenvalue weighted by Gasteiger charge is 2.44. The minimum absolute atomic E-state index is 0.253. The van der Waals surface area contributed by atoms with E-state index in [-0.39, 0.29) is 11.8 Å². The fraction of sp³-hybridized carbons (Fsp3) is 0.241. The van der Waals surface area contributed by atoms with Crippen molar-refractivity contribution in [3.8, 4) is 0 Å². The molecule has 0 aromatic heterocycles. The molecule has 4 heteroatoms. The largest absolute Gasteiger partial charge is 0.336 e. The van der Waals surface area contributed by atoms with Crippen LogP contribution in [0.15, 0.2) is 66.4 Å². The molecule has 0 bridgehead atoms. The zero-order valence-electron chi connectivity index (χ0n) is 19.6. The first-order chi connectivity index (χ1) is 15.8. The van der Waals surface area contributed by atoms with Crippen LogP contribution in [0.1, 0.15) is 39.8 Å². The van der Waals surface area contributed by atoms with Crippen LogP contribution in [0.25, 0.3) is 5.57 Å². The summed E-state index contributed by atoms with van der Waals surface area (Å²) < 4.78 is 0. The van der Waals surface area contributed by atoms with Crippen LogP contribution in [0.2, 0.25) is 0 Å². The molecule has 0 radical (unpaired) electrons. The summed E-state index contributed by atoms with van der Waals surface area (Å²) in [4.78, 5) is 31.4. The normalized spacial score (nSPS) is 16.0. The van der Waals surface area contributed by atoms with Crippen molar-refractivity contribution in [1.82, 2.24) is 0 Å². The number of rotatable bonds is 3. The quantitative estimate of drug-likeness (QED) is 0.498. The van der Waals surface area contributed by atoms with Gasteiger partial charge in [0.1, 0.15) is 5.70 Å². The minimum atomic E-state index is -0.255. The summed E-state index contributed by atoms with van der Waals surface area (Å²) in [7, 11) is 0. The van der Waals surface area contributed by atoms with Gasteiger partial charge in [0.05, 0.1) is 11.3 Å². The molecular formula is C29H28N2O2. The van der Waals surface area contributed by atoms with E-state index in [0.29, 0.717) is 23.5 Å². The van der Waals surface area contributed by atoms with Gasteiger partial charge in [0.15, 0.2) is 0 Å². The standard InChI is InChI=1S/C29H28N2O2/c1-18-11-12-24(21(4)15-18)26-27(30-13-7-9-22-8-5-6-10-25(22)30)29(33)31(28(26)32)23-16-19(2)14-20(3)17-23/h5-6,8,10-12,14-17H,7,9,13H2,1-4H3. The number of fused-ring (bicyclic) bond motifs is 1. The number of carbonyl (C=O) groups is 2. The summed E-state index contributed by atoms with van der Waals surface area (Å²) in [5.74, 6) is -0.508. The molecule has 3 aromatic rings. The maximum Gasteiger partial charge on any atom is 0.282 e. The molecule has 166 valence electrons. The summed E-state index contributed by atoms with van der Waals surface area (Å²) in [6.45, 7) is 8.73. The second kappa shape index (κ2) is 8.04. The van der Waals surface area contributed by atoms with Crippen molar-refractivity contribution < 1.29 is 9.59 Å². The van der Waals surface area contributed by atoms with Crippen LogP contribution >= 0.6 is 0 Å². The molecule has 0 spiro atoms. The van der Waals surface area contributed by atoms with Crippen LogP contribution in [0, 0.1) is 27.7 Å². The van der Waals surface area contributed by atoms with Crippen molar-refractivity contribution in [2.24, 2.45) is 0 Å². The molecule has 2 aliphatic heterocycles. The van der Waals surface area contributed by atoms with Crippen molar-refractivity contribution in [2.45, 2.75) is 40.5 Å². The first kappa shape index (κ1) is 21.2. The Morgan fingerprint density at radius 2 is 1.48 bits per heavy atom. The topological polar surface area (TPSA) is 40.6 Å². The third-order valence-corrected chi connectivity index (χ3v) is 6.56. The van der Waals surface area contributed by atoms with E-state index in [0.717, 1.165) is 46.3 Å². The number of anilines is 2. The number of imide groups is 1. The number of benzene rings is 3. The summed E-state index contributed by atoms with van der Waals surface area (Å²) in [5.41, 5.74) is 8.83. The summed E-state index contributed by atoms with van der Waals surface area (Å²) >= 11 is 0. The van der Waals surface area contributed by atoms with Gasteiger partial charge in [-0.05, 0) is 86.6 Å². The van der Waals surface area contributed by atoms with Crippen molar-refractivity contribution in [3.63, 3.8) is 0 Å². The van der Waals surface area contributed by atoms with Gasteiger partial charge in [0.25, 0.3) is 11.8 Å². The van der Waals surface area contributed by atoms with Gasteiger partial charge in [-0.2, -0.15) is 0 Å². The van der Waals surface area contributed by atoms with Crippen LogP contribution in [0.3, 0.4) is 0 Å². The number of carbonyl (C=O) groups excluding carboxylic acids is 2. The second-order valence-corrected chi connectivity index (χ2v) is 9.22. The van der Waals surface area contributed by atoms with Crippen LogP contribution < -0.4 is 9.80 Å². The van der Waals surface area contributed by atoms with Gasteiger partial charge in [-0.25, -0.2) is 4.90 Å². The molecule has 2 amide bonds. The van der Waals surface area contributed by atoms with E-state index >= 15 is 0 Å².